The van der Waals surface area contributed by atoms with Gasteiger partial charge in [-0.2, -0.15) is 4.98 Å². The maximum Gasteiger partial charge on any atom is 0.263 e. The molecule has 1 aliphatic heterocycles. The van der Waals surface area contributed by atoms with Gasteiger partial charge in [-0.15, -0.1) is 12.4 Å². The molecule has 37 heavy (non-hydrogen) atoms. The number of carbonyl (C=O) groups is 1. The summed E-state index contributed by atoms with van der Waals surface area (Å²) in [5, 5.41) is 0.304. The SMILES string of the molecule is COc1cc2c(N)nc(N3CCN(C(=O)C[C@@H](N)c4ccc(C(F)F)cc4)CC3)nc2c(F)c1OC.Cl. The molecule has 0 saturated carbocycles. The molecule has 13 heteroatoms. The molecule has 1 atom stereocenters. The van der Waals surface area contributed by atoms with E-state index in [1.165, 1.54) is 44.6 Å². The first-order valence-corrected chi connectivity index (χ1v) is 11.3. The van der Waals surface area contributed by atoms with Crippen LogP contribution in [0.2, 0.25) is 0 Å². The van der Waals surface area contributed by atoms with Crippen molar-refractivity contribution in [3.63, 3.8) is 0 Å². The van der Waals surface area contributed by atoms with Crippen LogP contribution in [0.3, 0.4) is 0 Å². The lowest BCUT2D eigenvalue weighted by Crippen LogP contribution is -2.49. The molecule has 0 aliphatic carbocycles. The van der Waals surface area contributed by atoms with Crippen LogP contribution >= 0.6 is 12.4 Å². The third kappa shape index (κ3) is 5.75. The Balaban J connectivity index is 0.00000380. The summed E-state index contributed by atoms with van der Waals surface area (Å²) < 4.78 is 50.8. The third-order valence-corrected chi connectivity index (χ3v) is 6.22. The zero-order chi connectivity index (χ0) is 26.0. The smallest absolute Gasteiger partial charge is 0.263 e. The van der Waals surface area contributed by atoms with Crippen LogP contribution in [0.15, 0.2) is 30.3 Å². The minimum Gasteiger partial charge on any atom is -0.493 e. The van der Waals surface area contributed by atoms with E-state index in [0.717, 1.165) is 0 Å². The highest BCUT2D eigenvalue weighted by molar-refractivity contribution is 5.92. The molecule has 1 fully saturated rings. The lowest BCUT2D eigenvalue weighted by Gasteiger charge is -2.35. The van der Waals surface area contributed by atoms with Crippen LogP contribution in [0.5, 0.6) is 11.5 Å². The number of anilines is 2. The van der Waals surface area contributed by atoms with Crippen molar-refractivity contribution in [2.45, 2.75) is 18.9 Å². The number of amides is 1. The van der Waals surface area contributed by atoms with Crippen LogP contribution < -0.4 is 25.8 Å². The molecule has 200 valence electrons. The number of fused-ring (bicyclic) bond motifs is 1. The minimum absolute atomic E-state index is 0. The van der Waals surface area contributed by atoms with Crippen LogP contribution in [0.4, 0.5) is 24.9 Å². The molecule has 2 heterocycles. The zero-order valence-electron chi connectivity index (χ0n) is 20.3. The summed E-state index contributed by atoms with van der Waals surface area (Å²) in [5.74, 6) is -0.412. The third-order valence-electron chi connectivity index (χ3n) is 6.22. The van der Waals surface area contributed by atoms with E-state index in [9.17, 15) is 13.6 Å². The molecular weight excluding hydrogens is 513 g/mol. The molecular formula is C24H28ClF3N6O3. The highest BCUT2D eigenvalue weighted by Crippen LogP contribution is 2.37. The van der Waals surface area contributed by atoms with Gasteiger partial charge in [0.05, 0.1) is 14.2 Å². The second kappa shape index (κ2) is 11.7. The maximum atomic E-state index is 15.1. The number of aromatic nitrogens is 2. The van der Waals surface area contributed by atoms with E-state index >= 15 is 4.39 Å². The van der Waals surface area contributed by atoms with Gasteiger partial charge >= 0.3 is 0 Å². The Labute approximate surface area is 217 Å². The summed E-state index contributed by atoms with van der Waals surface area (Å²) in [6.07, 6.45) is -2.52. The Kier molecular flexibility index (Phi) is 8.87. The zero-order valence-corrected chi connectivity index (χ0v) is 21.1. The van der Waals surface area contributed by atoms with Gasteiger partial charge in [0.1, 0.15) is 11.3 Å². The first-order chi connectivity index (χ1) is 17.2. The maximum absolute atomic E-state index is 15.1. The first kappa shape index (κ1) is 28.1. The number of carbonyl (C=O) groups excluding carboxylic acids is 1. The van der Waals surface area contributed by atoms with E-state index in [4.69, 9.17) is 20.9 Å². The predicted molar refractivity (Wildman–Crippen MR) is 136 cm³/mol. The van der Waals surface area contributed by atoms with E-state index in [1.807, 2.05) is 4.90 Å². The number of methoxy groups -OCH3 is 2. The van der Waals surface area contributed by atoms with Crippen LogP contribution in [0, 0.1) is 5.82 Å². The van der Waals surface area contributed by atoms with Crippen molar-refractivity contribution in [1.29, 1.82) is 0 Å². The molecule has 4 N–H and O–H groups in total. The molecule has 1 amide bonds. The summed E-state index contributed by atoms with van der Waals surface area (Å²) in [7, 11) is 2.73. The van der Waals surface area contributed by atoms with Crippen LogP contribution in [-0.4, -0.2) is 61.2 Å². The fourth-order valence-corrected chi connectivity index (χ4v) is 4.16. The largest absolute Gasteiger partial charge is 0.493 e. The van der Waals surface area contributed by atoms with Crippen molar-refractivity contribution in [3.8, 4) is 11.5 Å². The quantitative estimate of drug-likeness (QED) is 0.467. The van der Waals surface area contributed by atoms with E-state index < -0.39 is 18.3 Å². The molecule has 1 aliphatic rings. The molecule has 1 saturated heterocycles. The average molecular weight is 541 g/mol. The second-order valence-electron chi connectivity index (χ2n) is 8.38. The Hall–Kier alpha value is -3.51. The molecule has 0 unspecified atom stereocenters. The number of hydrogen-bond donors (Lipinski definition) is 2. The number of nitrogens with two attached hydrogens (primary N) is 2. The Morgan fingerprint density at radius 1 is 1.05 bits per heavy atom. The van der Waals surface area contributed by atoms with Crippen molar-refractivity contribution in [2.24, 2.45) is 5.73 Å². The van der Waals surface area contributed by atoms with E-state index in [1.54, 1.807) is 4.90 Å². The summed E-state index contributed by atoms with van der Waals surface area (Å²) in [6, 6.07) is 6.57. The lowest BCUT2D eigenvalue weighted by atomic mass is 10.0. The van der Waals surface area contributed by atoms with E-state index in [-0.39, 0.29) is 59.1 Å². The van der Waals surface area contributed by atoms with Crippen molar-refractivity contribution in [2.75, 3.05) is 51.0 Å². The van der Waals surface area contributed by atoms with Crippen LogP contribution in [0.25, 0.3) is 10.9 Å². The number of benzene rings is 2. The van der Waals surface area contributed by atoms with Gasteiger partial charge in [0.15, 0.2) is 17.3 Å². The molecule has 4 rings (SSSR count). The van der Waals surface area contributed by atoms with Crippen molar-refractivity contribution in [3.05, 3.63) is 47.3 Å². The molecule has 1 aromatic heterocycles. The van der Waals surface area contributed by atoms with E-state index in [2.05, 4.69) is 9.97 Å². The number of piperazine rings is 1. The van der Waals surface area contributed by atoms with Gasteiger partial charge in [-0.3, -0.25) is 4.79 Å². The number of alkyl halides is 2. The van der Waals surface area contributed by atoms with E-state index in [0.29, 0.717) is 37.1 Å². The van der Waals surface area contributed by atoms with Crippen molar-refractivity contribution >= 4 is 41.0 Å². The van der Waals surface area contributed by atoms with Crippen LogP contribution in [-0.2, 0) is 4.79 Å². The number of halogens is 4. The topological polar surface area (TPSA) is 120 Å². The molecule has 0 bridgehead atoms. The Bertz CT molecular complexity index is 1260. The molecule has 3 aromatic rings. The predicted octanol–water partition coefficient (Wildman–Crippen LogP) is 3.47. The second-order valence-corrected chi connectivity index (χ2v) is 8.38. The van der Waals surface area contributed by atoms with Gasteiger partial charge in [0, 0.05) is 49.6 Å². The van der Waals surface area contributed by atoms with Gasteiger partial charge < -0.3 is 30.7 Å². The van der Waals surface area contributed by atoms with Crippen molar-refractivity contribution in [1.82, 2.24) is 14.9 Å². The Morgan fingerprint density at radius 3 is 2.24 bits per heavy atom. The first-order valence-electron chi connectivity index (χ1n) is 11.3. The monoisotopic (exact) mass is 540 g/mol. The van der Waals surface area contributed by atoms with Gasteiger partial charge in [0.2, 0.25) is 11.9 Å². The van der Waals surface area contributed by atoms with Gasteiger partial charge in [-0.05, 0) is 11.6 Å². The fourth-order valence-electron chi connectivity index (χ4n) is 4.16. The number of nitrogens with zero attached hydrogens (tertiary/aromatic N) is 4. The molecule has 0 radical (unpaired) electrons. The molecule has 2 aromatic carbocycles. The fraction of sp³-hybridized carbons (Fsp3) is 0.375. The molecule has 0 spiro atoms. The normalized spacial score (nSPS) is 14.5. The van der Waals surface area contributed by atoms with Crippen molar-refractivity contribution < 1.29 is 27.4 Å². The lowest BCUT2D eigenvalue weighted by molar-refractivity contribution is -0.131. The minimum atomic E-state index is -2.56. The molecule has 9 nitrogen and oxygen atoms in total. The highest BCUT2D eigenvalue weighted by Gasteiger charge is 2.26. The number of nitrogen functional groups attached to an aromatic ring is 1. The van der Waals surface area contributed by atoms with Gasteiger partial charge in [-0.1, -0.05) is 24.3 Å². The highest BCUT2D eigenvalue weighted by atomic mass is 35.5. The summed E-state index contributed by atoms with van der Waals surface area (Å²) >= 11 is 0. The van der Waals surface area contributed by atoms with Crippen LogP contribution in [0.1, 0.15) is 30.0 Å². The number of ether oxygens (including phenoxy) is 2. The summed E-state index contributed by atoms with van der Waals surface area (Å²) in [6.45, 7) is 1.57. The average Bonchev–Trinajstić information content (AvgIpc) is 2.88. The number of hydrogen-bond acceptors (Lipinski definition) is 8. The van der Waals surface area contributed by atoms with Gasteiger partial charge in [-0.25, -0.2) is 18.2 Å². The van der Waals surface area contributed by atoms with Gasteiger partial charge in [0.25, 0.3) is 6.43 Å². The summed E-state index contributed by atoms with van der Waals surface area (Å²) in [4.78, 5) is 25.0. The summed E-state index contributed by atoms with van der Waals surface area (Å²) in [5.41, 5.74) is 12.8. The number of rotatable bonds is 7. The Morgan fingerprint density at radius 2 is 1.68 bits per heavy atom. The standard InChI is InChI=1S/C24H27F3N6O3.ClH/c1-35-17-11-15-20(19(25)21(17)36-2)30-24(31-23(15)29)33-9-7-32(8-10-33)18(34)12-16(28)13-3-5-14(6-4-13)22(26)27;/h3-6,11,16,22H,7-10,12,28H2,1-2H3,(H2,29,30,31);1H/t16-;/m1./s1.